The second kappa shape index (κ2) is 9.24. The fraction of sp³-hybridized carbons (Fsp3) is 0.238. The molecule has 0 saturated heterocycles. The molecule has 0 unspecified atom stereocenters. The molecule has 5 nitrogen and oxygen atoms in total. The first kappa shape index (κ1) is 20.5. The minimum absolute atomic E-state index is 0.0593. The monoisotopic (exact) mass is 387 g/mol. The number of carbonyl (C=O) groups excluding carboxylic acids is 2. The Morgan fingerprint density at radius 3 is 1.96 bits per heavy atom. The minimum Gasteiger partial charge on any atom is -0.458 e. The second-order valence-corrected chi connectivity index (χ2v) is 6.34. The van der Waals surface area contributed by atoms with Crippen LogP contribution in [0.4, 0.5) is 0 Å². The molecule has 0 aromatic heterocycles. The van der Waals surface area contributed by atoms with Crippen LogP contribution in [0.25, 0.3) is 0 Å². The van der Waals surface area contributed by atoms with Gasteiger partial charge in [0, 0.05) is 16.4 Å². The Morgan fingerprint density at radius 1 is 1.04 bits per heavy atom. The Labute approximate surface area is 164 Å². The van der Waals surface area contributed by atoms with Crippen molar-refractivity contribution in [2.24, 2.45) is 0 Å². The molecule has 1 N–H and O–H groups in total. The summed E-state index contributed by atoms with van der Waals surface area (Å²) in [4.78, 5) is 25.5. The summed E-state index contributed by atoms with van der Waals surface area (Å²) in [6, 6.07) is 7.07. The highest BCUT2D eigenvalue weighted by Gasteiger charge is 2.38. The number of halogens is 1. The number of nitrogens with one attached hydrogen (secondary N) is 1. The van der Waals surface area contributed by atoms with E-state index in [0.717, 1.165) is 0 Å². The number of esters is 2. The summed E-state index contributed by atoms with van der Waals surface area (Å²) in [6.07, 6.45) is 2.96. The van der Waals surface area contributed by atoms with Crippen LogP contribution in [0.5, 0.6) is 0 Å². The number of allylic oxidation sites excluding steroid dienone is 2. The highest BCUT2D eigenvalue weighted by atomic mass is 35.5. The summed E-state index contributed by atoms with van der Waals surface area (Å²) in [5.41, 5.74) is 2.41. The van der Waals surface area contributed by atoms with Crippen molar-refractivity contribution in [3.8, 4) is 0 Å². The van der Waals surface area contributed by atoms with Crippen molar-refractivity contribution in [2.75, 3.05) is 13.2 Å². The van der Waals surface area contributed by atoms with Crippen LogP contribution in [-0.2, 0) is 19.1 Å². The summed E-state index contributed by atoms with van der Waals surface area (Å²) in [5, 5.41) is 3.51. The van der Waals surface area contributed by atoms with Gasteiger partial charge in [-0.3, -0.25) is 0 Å². The summed E-state index contributed by atoms with van der Waals surface area (Å²) < 4.78 is 10.5. The van der Waals surface area contributed by atoms with E-state index >= 15 is 0 Å². The van der Waals surface area contributed by atoms with Crippen molar-refractivity contribution in [1.82, 2.24) is 5.32 Å². The van der Waals surface area contributed by atoms with Crippen LogP contribution < -0.4 is 5.32 Å². The molecule has 1 aromatic rings. The lowest BCUT2D eigenvalue weighted by Gasteiger charge is -2.30. The molecule has 2 rings (SSSR count). The molecule has 0 fully saturated rings. The number of rotatable bonds is 7. The topological polar surface area (TPSA) is 64.6 Å². The molecule has 0 radical (unpaired) electrons. The quantitative estimate of drug-likeness (QED) is 0.565. The molecule has 6 heteroatoms. The Kier molecular flexibility index (Phi) is 7.02. The van der Waals surface area contributed by atoms with E-state index in [9.17, 15) is 9.59 Å². The lowest BCUT2D eigenvalue weighted by atomic mass is 9.80. The normalized spacial score (nSPS) is 14.5. The van der Waals surface area contributed by atoms with Gasteiger partial charge >= 0.3 is 11.9 Å². The van der Waals surface area contributed by atoms with E-state index in [2.05, 4.69) is 18.5 Å². The van der Waals surface area contributed by atoms with Gasteiger partial charge in [0.25, 0.3) is 0 Å². The number of carbonyl (C=O) groups is 2. The number of ether oxygens (including phenoxy) is 2. The molecule has 0 amide bonds. The van der Waals surface area contributed by atoms with Crippen LogP contribution in [0.3, 0.4) is 0 Å². The molecule has 1 aliphatic rings. The van der Waals surface area contributed by atoms with Crippen LogP contribution in [0.1, 0.15) is 25.3 Å². The highest BCUT2D eigenvalue weighted by molar-refractivity contribution is 6.31. The molecule has 0 saturated carbocycles. The third kappa shape index (κ3) is 4.49. The van der Waals surface area contributed by atoms with E-state index < -0.39 is 17.9 Å². The number of dihydropyridines is 1. The summed E-state index contributed by atoms with van der Waals surface area (Å²) in [6.45, 7) is 10.7. The molecule has 1 aliphatic heterocycles. The molecular weight excluding hydrogens is 366 g/mol. The predicted molar refractivity (Wildman–Crippen MR) is 105 cm³/mol. The molecule has 0 bridgehead atoms. The summed E-state index contributed by atoms with van der Waals surface area (Å²) >= 11 is 6.40. The molecule has 27 heavy (non-hydrogen) atoms. The largest absolute Gasteiger partial charge is 0.458 e. The van der Waals surface area contributed by atoms with Crippen molar-refractivity contribution in [3.63, 3.8) is 0 Å². The fourth-order valence-electron chi connectivity index (χ4n) is 2.98. The van der Waals surface area contributed by atoms with E-state index in [4.69, 9.17) is 21.1 Å². The van der Waals surface area contributed by atoms with E-state index in [1.165, 1.54) is 12.2 Å². The van der Waals surface area contributed by atoms with Gasteiger partial charge in [-0.2, -0.15) is 0 Å². The first-order valence-electron chi connectivity index (χ1n) is 8.41. The molecule has 0 aliphatic carbocycles. The standard InChI is InChI=1S/C21H22ClNO4/c1-5-11-26-20(24)17-13(3)23-14(4)18(21(25)27-12-6-2)19(17)15-9-7-8-10-16(15)22/h5-10,19,23H,1-2,11-12H2,3-4H3. The molecule has 1 aromatic carbocycles. The van der Waals surface area contributed by atoms with Gasteiger partial charge in [0.05, 0.1) is 17.1 Å². The van der Waals surface area contributed by atoms with Crippen LogP contribution in [0.15, 0.2) is 72.1 Å². The zero-order chi connectivity index (χ0) is 20.0. The van der Waals surface area contributed by atoms with E-state index in [-0.39, 0.29) is 13.2 Å². The first-order valence-corrected chi connectivity index (χ1v) is 8.79. The maximum Gasteiger partial charge on any atom is 0.337 e. The zero-order valence-corrected chi connectivity index (χ0v) is 16.1. The first-order chi connectivity index (χ1) is 12.9. The molecule has 0 spiro atoms. The average Bonchev–Trinajstić information content (AvgIpc) is 2.64. The zero-order valence-electron chi connectivity index (χ0n) is 15.4. The fourth-order valence-corrected chi connectivity index (χ4v) is 3.22. The van der Waals surface area contributed by atoms with Crippen LogP contribution in [0, 0.1) is 0 Å². The van der Waals surface area contributed by atoms with Gasteiger partial charge < -0.3 is 14.8 Å². The predicted octanol–water partition coefficient (Wildman–Crippen LogP) is 4.03. The van der Waals surface area contributed by atoms with Crippen molar-refractivity contribution in [3.05, 3.63) is 82.7 Å². The highest BCUT2D eigenvalue weighted by Crippen LogP contribution is 2.41. The maximum atomic E-state index is 12.7. The van der Waals surface area contributed by atoms with Crippen LogP contribution in [0.2, 0.25) is 5.02 Å². The van der Waals surface area contributed by atoms with Gasteiger partial charge in [-0.1, -0.05) is 55.1 Å². The van der Waals surface area contributed by atoms with Crippen LogP contribution in [-0.4, -0.2) is 25.2 Å². The Hall–Kier alpha value is -2.79. The van der Waals surface area contributed by atoms with Crippen molar-refractivity contribution < 1.29 is 19.1 Å². The van der Waals surface area contributed by atoms with E-state index in [0.29, 0.717) is 33.1 Å². The summed E-state index contributed by atoms with van der Waals surface area (Å²) in [7, 11) is 0. The third-order valence-corrected chi connectivity index (χ3v) is 4.43. The maximum absolute atomic E-state index is 12.7. The average molecular weight is 388 g/mol. The minimum atomic E-state index is -0.713. The van der Waals surface area contributed by atoms with E-state index in [1.54, 1.807) is 38.1 Å². The van der Waals surface area contributed by atoms with Crippen molar-refractivity contribution >= 4 is 23.5 Å². The van der Waals surface area contributed by atoms with Crippen molar-refractivity contribution in [1.29, 1.82) is 0 Å². The molecule has 1 heterocycles. The van der Waals surface area contributed by atoms with Gasteiger partial charge in [0.2, 0.25) is 0 Å². The number of hydrogen-bond donors (Lipinski definition) is 1. The molecular formula is C21H22ClNO4. The summed E-state index contributed by atoms with van der Waals surface area (Å²) in [5.74, 6) is -1.81. The van der Waals surface area contributed by atoms with Crippen molar-refractivity contribution in [2.45, 2.75) is 19.8 Å². The second-order valence-electron chi connectivity index (χ2n) is 5.93. The lowest BCUT2D eigenvalue weighted by Crippen LogP contribution is -2.32. The van der Waals surface area contributed by atoms with Gasteiger partial charge in [0.15, 0.2) is 0 Å². The number of benzene rings is 1. The Morgan fingerprint density at radius 2 is 1.52 bits per heavy atom. The number of hydrogen-bond acceptors (Lipinski definition) is 5. The molecule has 142 valence electrons. The Bertz CT molecular complexity index is 792. The van der Waals surface area contributed by atoms with Gasteiger partial charge in [0.1, 0.15) is 13.2 Å². The van der Waals surface area contributed by atoms with Gasteiger partial charge in [-0.25, -0.2) is 9.59 Å². The Balaban J connectivity index is 2.61. The SMILES string of the molecule is C=CCOC(=O)C1=C(C)NC(C)=C(C(=O)OCC=C)C1c1ccccc1Cl. The third-order valence-electron chi connectivity index (χ3n) is 4.08. The van der Waals surface area contributed by atoms with Gasteiger partial charge in [-0.15, -0.1) is 0 Å². The van der Waals surface area contributed by atoms with E-state index in [1.807, 2.05) is 0 Å². The lowest BCUT2D eigenvalue weighted by molar-refractivity contribution is -0.138. The van der Waals surface area contributed by atoms with Gasteiger partial charge in [-0.05, 0) is 25.5 Å². The smallest absolute Gasteiger partial charge is 0.337 e. The van der Waals surface area contributed by atoms with Crippen LogP contribution >= 0.6 is 11.6 Å². The molecule has 0 atom stereocenters.